The molecule has 1 heterocycles. The Morgan fingerprint density at radius 2 is 1.42 bits per heavy atom. The van der Waals surface area contributed by atoms with Crippen LogP contribution in [-0.4, -0.2) is 113 Å². The molecule has 0 bridgehead atoms. The van der Waals surface area contributed by atoms with Crippen LogP contribution in [0.15, 0.2) is 0 Å². The lowest BCUT2D eigenvalue weighted by Gasteiger charge is -2.29. The molecule has 0 spiro atoms. The van der Waals surface area contributed by atoms with Gasteiger partial charge in [-0.2, -0.15) is 0 Å². The first-order chi connectivity index (χ1) is 12.2. The first-order valence-electron chi connectivity index (χ1n) is 7.99. The summed E-state index contributed by atoms with van der Waals surface area (Å²) >= 11 is 0. The van der Waals surface area contributed by atoms with Crippen LogP contribution in [-0.2, 0) is 28.7 Å². The number of carbonyl (C=O) groups excluding carboxylic acids is 3. The quantitative estimate of drug-likeness (QED) is 0.282. The summed E-state index contributed by atoms with van der Waals surface area (Å²) in [5, 5.41) is 17.9. The number of Topliss-reactive ketones (excluding diaryl/α,β-unsaturated/α-hetero) is 1. The topological polar surface area (TPSA) is 145 Å². The fourth-order valence-electron chi connectivity index (χ4n) is 2.52. The summed E-state index contributed by atoms with van der Waals surface area (Å²) in [6.07, 6.45) is 0. The van der Waals surface area contributed by atoms with Crippen molar-refractivity contribution in [2.75, 3.05) is 58.9 Å². The average molecular weight is 373 g/mol. The summed E-state index contributed by atoms with van der Waals surface area (Å²) in [5.74, 6) is -3.64. The Labute approximate surface area is 150 Å². The van der Waals surface area contributed by atoms with Crippen LogP contribution < -0.4 is 0 Å². The average Bonchev–Trinajstić information content (AvgIpc) is 2.47. The van der Waals surface area contributed by atoms with Crippen LogP contribution in [0.1, 0.15) is 6.92 Å². The van der Waals surface area contributed by atoms with E-state index >= 15 is 0 Å². The predicted molar refractivity (Wildman–Crippen MR) is 86.4 cm³/mol. The van der Waals surface area contributed by atoms with Gasteiger partial charge >= 0.3 is 23.9 Å². The molecular weight excluding hydrogens is 350 g/mol. The highest BCUT2D eigenvalue weighted by atomic mass is 16.6. The zero-order chi connectivity index (χ0) is 19.7. The van der Waals surface area contributed by atoms with Crippen LogP contribution in [0.25, 0.3) is 0 Å². The third-order valence-electron chi connectivity index (χ3n) is 3.56. The van der Waals surface area contributed by atoms with Crippen LogP contribution in [0.3, 0.4) is 0 Å². The number of ether oxygens (including phenoxy) is 1. The van der Waals surface area contributed by atoms with Crippen LogP contribution in [0.5, 0.6) is 0 Å². The first-order valence-corrected chi connectivity index (χ1v) is 7.99. The Morgan fingerprint density at radius 3 is 1.92 bits per heavy atom. The third kappa shape index (κ3) is 9.20. The maximum absolute atomic E-state index is 11.2. The van der Waals surface area contributed by atoms with Gasteiger partial charge < -0.3 is 14.9 Å². The molecule has 146 valence electrons. The molecule has 0 aliphatic carbocycles. The molecule has 1 saturated heterocycles. The van der Waals surface area contributed by atoms with Crippen molar-refractivity contribution in [1.82, 2.24) is 14.7 Å². The molecule has 11 nitrogen and oxygen atoms in total. The van der Waals surface area contributed by atoms with E-state index in [4.69, 9.17) is 10.2 Å². The summed E-state index contributed by atoms with van der Waals surface area (Å²) in [6, 6.07) is 0. The minimum atomic E-state index is -1.08. The minimum Gasteiger partial charge on any atom is -0.480 e. The van der Waals surface area contributed by atoms with Crippen molar-refractivity contribution in [2.24, 2.45) is 0 Å². The van der Waals surface area contributed by atoms with Gasteiger partial charge in [-0.1, -0.05) is 0 Å². The number of carbonyl (C=O) groups is 5. The molecule has 0 aromatic carbocycles. The highest BCUT2D eigenvalue weighted by Gasteiger charge is 2.25. The number of aliphatic carboxylic acids is 2. The third-order valence-corrected chi connectivity index (χ3v) is 3.56. The summed E-state index contributed by atoms with van der Waals surface area (Å²) in [7, 11) is 0. The fourth-order valence-corrected chi connectivity index (χ4v) is 2.52. The van der Waals surface area contributed by atoms with Crippen LogP contribution >= 0.6 is 0 Å². The second-order valence-corrected chi connectivity index (χ2v) is 6.03. The second-order valence-electron chi connectivity index (χ2n) is 6.03. The number of ketones is 1. The summed E-state index contributed by atoms with van der Waals surface area (Å²) in [6.45, 7) is 1.53. The van der Waals surface area contributed by atoms with Crippen molar-refractivity contribution in [3.63, 3.8) is 0 Å². The lowest BCUT2D eigenvalue weighted by molar-refractivity contribution is -0.167. The van der Waals surface area contributed by atoms with Crippen LogP contribution in [0.2, 0.25) is 0 Å². The van der Waals surface area contributed by atoms with Gasteiger partial charge in [0.1, 0.15) is 5.78 Å². The highest BCUT2D eigenvalue weighted by Crippen LogP contribution is 2.01. The molecule has 1 fully saturated rings. The molecule has 0 saturated carbocycles. The molecule has 1 aliphatic rings. The standard InChI is InChI=1S/C15H23N3O8/c1-11(19)6-17(8-13(22)23)4-2-16(7-12(20)21)3-5-18-9-14(24)26-15(25)10-18/h2-10H2,1H3,(H,20,21)(H,22,23). The molecule has 0 aromatic rings. The Hall–Kier alpha value is -2.37. The van der Waals surface area contributed by atoms with Crippen molar-refractivity contribution in [1.29, 1.82) is 0 Å². The number of carboxylic acid groups (broad SMARTS) is 2. The normalized spacial score (nSPS) is 15.3. The van der Waals surface area contributed by atoms with Crippen molar-refractivity contribution in [2.45, 2.75) is 6.92 Å². The van der Waals surface area contributed by atoms with E-state index in [1.807, 2.05) is 0 Å². The number of rotatable bonds is 12. The first kappa shape index (κ1) is 21.7. The summed E-state index contributed by atoms with van der Waals surface area (Å²) in [4.78, 5) is 60.1. The second kappa shape index (κ2) is 10.6. The molecule has 2 N–H and O–H groups in total. The van der Waals surface area contributed by atoms with Gasteiger partial charge in [0.15, 0.2) is 0 Å². The molecule has 0 atom stereocenters. The molecule has 0 aromatic heterocycles. The van der Waals surface area contributed by atoms with E-state index in [1.165, 1.54) is 11.8 Å². The van der Waals surface area contributed by atoms with Gasteiger partial charge in [-0.25, -0.2) is 0 Å². The minimum absolute atomic E-state index is 0.0420. The lowest BCUT2D eigenvalue weighted by Crippen LogP contribution is -2.48. The smallest absolute Gasteiger partial charge is 0.327 e. The van der Waals surface area contributed by atoms with Gasteiger partial charge in [-0.05, 0) is 6.92 Å². The van der Waals surface area contributed by atoms with Crippen molar-refractivity contribution in [3.05, 3.63) is 0 Å². The maximum atomic E-state index is 11.2. The Morgan fingerprint density at radius 1 is 0.923 bits per heavy atom. The van der Waals surface area contributed by atoms with Crippen molar-refractivity contribution < 1.29 is 38.9 Å². The van der Waals surface area contributed by atoms with Crippen molar-refractivity contribution in [3.8, 4) is 0 Å². The Balaban J connectivity index is 2.57. The number of nitrogens with zero attached hydrogens (tertiary/aromatic N) is 3. The van der Waals surface area contributed by atoms with Gasteiger partial charge in [0.25, 0.3) is 0 Å². The molecular formula is C15H23N3O8. The fraction of sp³-hybridized carbons (Fsp3) is 0.667. The number of morpholine rings is 1. The van der Waals surface area contributed by atoms with E-state index in [0.29, 0.717) is 0 Å². The van der Waals surface area contributed by atoms with Gasteiger partial charge in [0, 0.05) is 26.2 Å². The maximum Gasteiger partial charge on any atom is 0.327 e. The van der Waals surface area contributed by atoms with Crippen LogP contribution in [0.4, 0.5) is 0 Å². The Bertz CT molecular complexity index is 533. The van der Waals surface area contributed by atoms with E-state index in [9.17, 15) is 24.0 Å². The van der Waals surface area contributed by atoms with E-state index in [-0.39, 0.29) is 64.7 Å². The van der Waals surface area contributed by atoms with Gasteiger partial charge in [0.2, 0.25) is 0 Å². The van der Waals surface area contributed by atoms with Gasteiger partial charge in [-0.3, -0.25) is 38.7 Å². The molecule has 0 amide bonds. The predicted octanol–water partition coefficient (Wildman–Crippen LogP) is -2.27. The SMILES string of the molecule is CC(=O)CN(CCN(CCN1CC(=O)OC(=O)C1)CC(=O)O)CC(=O)O. The zero-order valence-electron chi connectivity index (χ0n) is 14.5. The molecule has 1 rings (SSSR count). The highest BCUT2D eigenvalue weighted by molar-refractivity contribution is 5.90. The van der Waals surface area contributed by atoms with E-state index in [2.05, 4.69) is 4.74 Å². The van der Waals surface area contributed by atoms with E-state index < -0.39 is 23.9 Å². The van der Waals surface area contributed by atoms with Gasteiger partial charge in [0.05, 0.1) is 32.7 Å². The Kier molecular flexibility index (Phi) is 8.82. The largest absolute Gasteiger partial charge is 0.480 e. The van der Waals surface area contributed by atoms with Gasteiger partial charge in [-0.15, -0.1) is 0 Å². The summed E-state index contributed by atoms with van der Waals surface area (Å²) in [5.41, 5.74) is 0. The molecule has 0 radical (unpaired) electrons. The van der Waals surface area contributed by atoms with Crippen LogP contribution in [0, 0.1) is 0 Å². The summed E-state index contributed by atoms with van der Waals surface area (Å²) < 4.78 is 4.42. The van der Waals surface area contributed by atoms with E-state index in [0.717, 1.165) is 0 Å². The lowest BCUT2D eigenvalue weighted by atomic mass is 10.3. The molecule has 1 aliphatic heterocycles. The number of cyclic esters (lactones) is 2. The number of carboxylic acids is 2. The number of hydrogen-bond acceptors (Lipinski definition) is 9. The molecule has 11 heteroatoms. The zero-order valence-corrected chi connectivity index (χ0v) is 14.5. The van der Waals surface area contributed by atoms with E-state index in [1.54, 1.807) is 9.80 Å². The molecule has 26 heavy (non-hydrogen) atoms. The monoisotopic (exact) mass is 373 g/mol. The molecule has 0 unspecified atom stereocenters. The number of esters is 2. The number of hydrogen-bond donors (Lipinski definition) is 2. The van der Waals surface area contributed by atoms with Crippen molar-refractivity contribution >= 4 is 29.7 Å².